The predicted molar refractivity (Wildman–Crippen MR) is 109 cm³/mol. The number of amidine groups is 1. The van der Waals surface area contributed by atoms with Crippen LogP contribution in [0.2, 0.25) is 0 Å². The third kappa shape index (κ3) is 5.35. The highest BCUT2D eigenvalue weighted by Crippen LogP contribution is 2.47. The Bertz CT molecular complexity index is 787. The number of aromatic nitrogens is 1. The van der Waals surface area contributed by atoms with Gasteiger partial charge in [-0.3, -0.25) is 4.57 Å². The number of anilines is 1. The van der Waals surface area contributed by atoms with E-state index < -0.39 is 7.60 Å². The van der Waals surface area contributed by atoms with Gasteiger partial charge in [0.1, 0.15) is 24.1 Å². The van der Waals surface area contributed by atoms with Crippen LogP contribution in [-0.2, 0) is 18.3 Å². The lowest BCUT2D eigenvalue weighted by Gasteiger charge is -2.17. The second-order valence-electron chi connectivity index (χ2n) is 5.62. The molecular formula is C18H27N4O4P. The molecule has 0 aliphatic carbocycles. The van der Waals surface area contributed by atoms with Crippen molar-refractivity contribution >= 4 is 24.8 Å². The first kappa shape index (κ1) is 21.0. The van der Waals surface area contributed by atoms with E-state index in [-0.39, 0.29) is 12.8 Å². The molecule has 1 aromatic heterocycles. The van der Waals surface area contributed by atoms with Crippen LogP contribution in [0.3, 0.4) is 0 Å². The third-order valence-corrected chi connectivity index (χ3v) is 5.83. The minimum absolute atomic E-state index is 0.147. The van der Waals surface area contributed by atoms with E-state index >= 15 is 0 Å². The molecule has 1 aliphatic rings. The Balaban J connectivity index is 2.05. The van der Waals surface area contributed by atoms with E-state index in [2.05, 4.69) is 28.5 Å². The normalized spacial score (nSPS) is 14.1. The van der Waals surface area contributed by atoms with Crippen molar-refractivity contribution in [1.29, 1.82) is 0 Å². The van der Waals surface area contributed by atoms with E-state index in [0.717, 1.165) is 22.5 Å². The Morgan fingerprint density at radius 3 is 2.74 bits per heavy atom. The molecule has 0 saturated heterocycles. The smallest absolute Gasteiger partial charge is 0.334 e. The van der Waals surface area contributed by atoms with Crippen LogP contribution in [0.5, 0.6) is 0 Å². The maximum atomic E-state index is 12.4. The van der Waals surface area contributed by atoms with Gasteiger partial charge in [-0.05, 0) is 25.5 Å². The van der Waals surface area contributed by atoms with Crippen molar-refractivity contribution in [3.8, 4) is 0 Å². The highest BCUT2D eigenvalue weighted by atomic mass is 31.2. The number of allylic oxidation sites excluding steroid dienone is 3. The van der Waals surface area contributed by atoms with Gasteiger partial charge in [0, 0.05) is 11.8 Å². The fourth-order valence-electron chi connectivity index (χ4n) is 2.65. The van der Waals surface area contributed by atoms with Crippen molar-refractivity contribution in [2.45, 2.75) is 13.8 Å². The fourth-order valence-corrected chi connectivity index (χ4v) is 4.08. The Kier molecular flexibility index (Phi) is 7.47. The van der Waals surface area contributed by atoms with Crippen LogP contribution in [0.15, 0.2) is 42.3 Å². The first-order valence-corrected chi connectivity index (χ1v) is 10.5. The maximum Gasteiger partial charge on any atom is 0.334 e. The molecule has 4 N–H and O–H groups in total. The Morgan fingerprint density at radius 1 is 1.41 bits per heavy atom. The number of nitrogens with two attached hydrogens (primary N) is 1. The van der Waals surface area contributed by atoms with Crippen molar-refractivity contribution in [2.75, 3.05) is 38.0 Å². The van der Waals surface area contributed by atoms with Gasteiger partial charge in [-0.1, -0.05) is 19.2 Å². The number of hydrogen-bond acceptors (Lipinski definition) is 7. The largest absolute Gasteiger partial charge is 0.494 e. The molecule has 1 aromatic rings. The highest BCUT2D eigenvalue weighted by Gasteiger charge is 2.23. The van der Waals surface area contributed by atoms with Crippen LogP contribution in [-0.4, -0.2) is 43.5 Å². The van der Waals surface area contributed by atoms with Crippen molar-refractivity contribution in [1.82, 2.24) is 4.98 Å². The van der Waals surface area contributed by atoms with Crippen LogP contribution in [0.1, 0.15) is 25.0 Å². The second kappa shape index (κ2) is 9.60. The summed E-state index contributed by atoms with van der Waals surface area (Å²) in [7, 11) is -3.14. The van der Waals surface area contributed by atoms with E-state index in [0.29, 0.717) is 31.5 Å². The lowest BCUT2D eigenvalue weighted by atomic mass is 10.0. The quantitative estimate of drug-likeness (QED) is 0.301. The summed E-state index contributed by atoms with van der Waals surface area (Å²) in [4.78, 5) is 7.34. The molecule has 0 saturated carbocycles. The summed E-state index contributed by atoms with van der Waals surface area (Å²) in [6.07, 6.45) is 5.40. The SMILES string of the molecule is C=C/C(=C\C(=C)OCCP(=O)(OCC)OCC)c1c[nH]c2c1C(N)=NCN2. The van der Waals surface area contributed by atoms with Gasteiger partial charge in [0.05, 0.1) is 31.5 Å². The number of ether oxygens (including phenoxy) is 1. The third-order valence-electron chi connectivity index (χ3n) is 3.79. The van der Waals surface area contributed by atoms with E-state index in [1.165, 1.54) is 0 Å². The number of hydrogen-bond donors (Lipinski definition) is 3. The molecule has 0 unspecified atom stereocenters. The molecule has 0 bridgehead atoms. The average molecular weight is 394 g/mol. The van der Waals surface area contributed by atoms with Crippen molar-refractivity contribution in [2.24, 2.45) is 10.7 Å². The highest BCUT2D eigenvalue weighted by molar-refractivity contribution is 7.53. The minimum atomic E-state index is -3.14. The molecule has 1 aliphatic heterocycles. The maximum absolute atomic E-state index is 12.4. The number of H-pyrrole nitrogens is 1. The Morgan fingerprint density at radius 2 is 2.11 bits per heavy atom. The number of aliphatic imine (C=N–C) groups is 1. The molecule has 0 aromatic carbocycles. The Labute approximate surface area is 159 Å². The summed E-state index contributed by atoms with van der Waals surface area (Å²) in [6.45, 7) is 12.5. The first-order chi connectivity index (χ1) is 12.9. The Hall–Kier alpha value is -2.28. The van der Waals surface area contributed by atoms with Gasteiger partial charge in [0.25, 0.3) is 0 Å². The molecule has 148 valence electrons. The molecule has 8 nitrogen and oxygen atoms in total. The van der Waals surface area contributed by atoms with Crippen molar-refractivity contribution in [3.63, 3.8) is 0 Å². The van der Waals surface area contributed by atoms with Crippen LogP contribution < -0.4 is 11.1 Å². The molecule has 27 heavy (non-hydrogen) atoms. The average Bonchev–Trinajstić information content (AvgIpc) is 3.05. The number of rotatable bonds is 11. The zero-order chi connectivity index (χ0) is 19.9. The summed E-state index contributed by atoms with van der Waals surface area (Å²) >= 11 is 0. The lowest BCUT2D eigenvalue weighted by Crippen LogP contribution is -2.22. The number of aromatic amines is 1. The van der Waals surface area contributed by atoms with E-state index in [1.54, 1.807) is 26.0 Å². The predicted octanol–water partition coefficient (Wildman–Crippen LogP) is 3.47. The molecule has 9 heteroatoms. The summed E-state index contributed by atoms with van der Waals surface area (Å²) in [5.41, 5.74) is 8.42. The molecule has 0 spiro atoms. The van der Waals surface area contributed by atoms with E-state index in [9.17, 15) is 4.57 Å². The van der Waals surface area contributed by atoms with E-state index in [4.69, 9.17) is 19.5 Å². The van der Waals surface area contributed by atoms with Crippen LogP contribution in [0.4, 0.5) is 5.82 Å². The monoisotopic (exact) mass is 394 g/mol. The summed E-state index contributed by atoms with van der Waals surface area (Å²) in [5, 5.41) is 3.12. The minimum Gasteiger partial charge on any atom is -0.494 e. The van der Waals surface area contributed by atoms with Gasteiger partial charge in [0.2, 0.25) is 0 Å². The van der Waals surface area contributed by atoms with Crippen LogP contribution in [0.25, 0.3) is 5.57 Å². The van der Waals surface area contributed by atoms with Gasteiger partial charge in [-0.2, -0.15) is 0 Å². The summed E-state index contributed by atoms with van der Waals surface area (Å²) < 4.78 is 28.5. The first-order valence-electron chi connectivity index (χ1n) is 8.74. The number of fused-ring (bicyclic) bond motifs is 1. The van der Waals surface area contributed by atoms with Crippen LogP contribution >= 0.6 is 7.60 Å². The summed E-state index contributed by atoms with van der Waals surface area (Å²) in [5.74, 6) is 1.67. The molecule has 2 rings (SSSR count). The molecule has 0 amide bonds. The molecule has 0 atom stereocenters. The zero-order valence-corrected chi connectivity index (χ0v) is 16.7. The number of nitrogens with zero attached hydrogens (tertiary/aromatic N) is 1. The lowest BCUT2D eigenvalue weighted by molar-refractivity contribution is 0.199. The van der Waals surface area contributed by atoms with E-state index in [1.807, 2.05) is 6.20 Å². The van der Waals surface area contributed by atoms with Gasteiger partial charge < -0.3 is 29.8 Å². The number of nitrogens with one attached hydrogen (secondary N) is 2. The van der Waals surface area contributed by atoms with Crippen molar-refractivity contribution < 1.29 is 18.3 Å². The summed E-state index contributed by atoms with van der Waals surface area (Å²) in [6, 6.07) is 0. The molecule has 0 fully saturated rings. The molecule has 2 heterocycles. The topological polar surface area (TPSA) is 111 Å². The van der Waals surface area contributed by atoms with Gasteiger partial charge in [-0.15, -0.1) is 0 Å². The van der Waals surface area contributed by atoms with Gasteiger partial charge >= 0.3 is 7.60 Å². The second-order valence-corrected chi connectivity index (χ2v) is 7.80. The molecule has 0 radical (unpaired) electrons. The standard InChI is InChI=1S/C18H27N4O4P/c1-5-14(15-11-20-18-16(15)17(19)21-12-22-18)10-13(4)24-8-9-27(23,25-6-2)26-7-3/h5,10-11,20,22H,1,4,6-9,12H2,2-3H3,(H2,19,21)/b14-10+. The van der Waals surface area contributed by atoms with Crippen LogP contribution in [0, 0.1) is 0 Å². The van der Waals surface area contributed by atoms with Gasteiger partial charge in [-0.25, -0.2) is 4.99 Å². The zero-order valence-electron chi connectivity index (χ0n) is 15.8. The fraction of sp³-hybridized carbons (Fsp3) is 0.389. The molecular weight excluding hydrogens is 367 g/mol. The van der Waals surface area contributed by atoms with Gasteiger partial charge in [0.15, 0.2) is 0 Å². The van der Waals surface area contributed by atoms with Crippen molar-refractivity contribution in [3.05, 3.63) is 48.4 Å².